The number of hydrogen-bond donors (Lipinski definition) is 0. The number of amides is 1. The van der Waals surface area contributed by atoms with Crippen LogP contribution in [-0.2, 0) is 4.79 Å². The molecule has 1 saturated heterocycles. The van der Waals surface area contributed by atoms with Crippen LogP contribution in [-0.4, -0.2) is 23.4 Å². The number of likely N-dealkylation sites (tertiary alicyclic amines) is 1. The molecule has 0 aromatic rings. The van der Waals surface area contributed by atoms with Crippen LogP contribution in [0.3, 0.4) is 0 Å². The van der Waals surface area contributed by atoms with Crippen molar-refractivity contribution in [3.05, 3.63) is 0 Å². The van der Waals surface area contributed by atoms with Crippen LogP contribution in [0.15, 0.2) is 0 Å². The molecule has 1 atom stereocenters. The topological polar surface area (TPSA) is 20.3 Å². The average molecular weight is 237 g/mol. The predicted octanol–water partition coefficient (Wildman–Crippen LogP) is 3.46. The summed E-state index contributed by atoms with van der Waals surface area (Å²) in [6.07, 6.45) is 6.41. The number of nitrogens with zero attached hydrogens (tertiary/aromatic N) is 1. The summed E-state index contributed by atoms with van der Waals surface area (Å²) in [6.45, 7) is 9.78. The van der Waals surface area contributed by atoms with Crippen LogP contribution in [0.2, 0.25) is 0 Å². The van der Waals surface area contributed by atoms with Crippen molar-refractivity contribution in [2.45, 2.75) is 65.8 Å². The van der Waals surface area contributed by atoms with Crippen molar-refractivity contribution in [1.29, 1.82) is 0 Å². The molecule has 0 aromatic carbocycles. The maximum absolute atomic E-state index is 12.0. The van der Waals surface area contributed by atoms with Gasteiger partial charge in [0.1, 0.15) is 0 Å². The Bertz CT molecular complexity index is 289. The maximum atomic E-state index is 12.0. The molecular weight excluding hydrogens is 210 g/mol. The van der Waals surface area contributed by atoms with Crippen LogP contribution >= 0.6 is 0 Å². The Labute approximate surface area is 106 Å². The van der Waals surface area contributed by atoms with Crippen molar-refractivity contribution in [2.75, 3.05) is 6.54 Å². The number of carbonyl (C=O) groups excluding carboxylic acids is 1. The first-order chi connectivity index (χ1) is 7.95. The largest absolute Gasteiger partial charge is 0.338 e. The second-order valence-corrected chi connectivity index (χ2v) is 6.77. The molecule has 2 aliphatic rings. The third-order valence-corrected chi connectivity index (χ3v) is 5.04. The number of carbonyl (C=O) groups is 1. The fourth-order valence-electron chi connectivity index (χ4n) is 3.47. The molecule has 1 heterocycles. The van der Waals surface area contributed by atoms with Crippen LogP contribution in [0.5, 0.6) is 0 Å². The first-order valence-electron chi connectivity index (χ1n) is 7.26. The molecule has 17 heavy (non-hydrogen) atoms. The van der Waals surface area contributed by atoms with Gasteiger partial charge in [-0.3, -0.25) is 4.79 Å². The van der Waals surface area contributed by atoms with Crippen LogP contribution in [0.4, 0.5) is 0 Å². The predicted molar refractivity (Wildman–Crippen MR) is 70.7 cm³/mol. The molecule has 0 bridgehead atoms. The van der Waals surface area contributed by atoms with E-state index in [2.05, 4.69) is 32.6 Å². The van der Waals surface area contributed by atoms with Gasteiger partial charge in [0.2, 0.25) is 5.91 Å². The first kappa shape index (κ1) is 12.9. The lowest BCUT2D eigenvalue weighted by atomic mass is 9.74. The molecular formula is C15H27NO. The Morgan fingerprint density at radius 2 is 1.88 bits per heavy atom. The molecule has 0 radical (unpaired) electrons. The Morgan fingerprint density at radius 3 is 2.29 bits per heavy atom. The van der Waals surface area contributed by atoms with Gasteiger partial charge in [0, 0.05) is 12.6 Å². The van der Waals surface area contributed by atoms with E-state index in [0.717, 1.165) is 18.4 Å². The van der Waals surface area contributed by atoms with Gasteiger partial charge in [-0.05, 0) is 51.4 Å². The molecule has 1 saturated carbocycles. The number of hydrogen-bond acceptors (Lipinski definition) is 1. The third kappa shape index (κ3) is 2.36. The number of rotatable bonds is 3. The molecule has 2 nitrogen and oxygen atoms in total. The van der Waals surface area contributed by atoms with Crippen molar-refractivity contribution in [2.24, 2.45) is 17.3 Å². The van der Waals surface area contributed by atoms with E-state index in [9.17, 15) is 4.79 Å². The van der Waals surface area contributed by atoms with Gasteiger partial charge in [0.05, 0.1) is 5.41 Å². The maximum Gasteiger partial charge on any atom is 0.230 e. The minimum absolute atomic E-state index is 0.0758. The summed E-state index contributed by atoms with van der Waals surface area (Å²) in [5.74, 6) is 2.14. The van der Waals surface area contributed by atoms with E-state index in [1.807, 2.05) is 0 Å². The third-order valence-electron chi connectivity index (χ3n) is 5.04. The Balaban J connectivity index is 1.83. The van der Waals surface area contributed by atoms with Crippen molar-refractivity contribution in [3.63, 3.8) is 0 Å². The molecule has 0 aromatic heterocycles. The van der Waals surface area contributed by atoms with E-state index in [4.69, 9.17) is 0 Å². The van der Waals surface area contributed by atoms with Crippen molar-refractivity contribution in [1.82, 2.24) is 4.90 Å². The normalized spacial score (nSPS) is 34.4. The lowest BCUT2D eigenvalue weighted by molar-refractivity contribution is -0.162. The second kappa shape index (κ2) is 4.62. The van der Waals surface area contributed by atoms with Crippen LogP contribution in [0.25, 0.3) is 0 Å². The molecule has 1 aliphatic heterocycles. The summed E-state index contributed by atoms with van der Waals surface area (Å²) in [5.41, 5.74) is -0.0758. The molecule has 1 aliphatic carbocycles. The summed E-state index contributed by atoms with van der Waals surface area (Å²) in [5, 5.41) is 0. The minimum atomic E-state index is -0.0758. The van der Waals surface area contributed by atoms with Gasteiger partial charge in [-0.25, -0.2) is 0 Å². The van der Waals surface area contributed by atoms with Gasteiger partial charge >= 0.3 is 0 Å². The zero-order valence-corrected chi connectivity index (χ0v) is 11.8. The molecule has 2 heteroatoms. The summed E-state index contributed by atoms with van der Waals surface area (Å²) < 4.78 is 0. The van der Waals surface area contributed by atoms with Gasteiger partial charge < -0.3 is 4.90 Å². The lowest BCUT2D eigenvalue weighted by Gasteiger charge is -2.50. The highest BCUT2D eigenvalue weighted by Crippen LogP contribution is 2.39. The van der Waals surface area contributed by atoms with Crippen LogP contribution in [0, 0.1) is 17.3 Å². The zero-order valence-electron chi connectivity index (χ0n) is 11.8. The Hall–Kier alpha value is -0.530. The summed E-state index contributed by atoms with van der Waals surface area (Å²) in [6, 6.07) is 0.552. The van der Waals surface area contributed by atoms with E-state index < -0.39 is 0 Å². The van der Waals surface area contributed by atoms with Crippen molar-refractivity contribution >= 4 is 5.91 Å². The molecule has 1 unspecified atom stereocenters. The molecule has 0 N–H and O–H groups in total. The SMILES string of the molecule is CCC(C)C1CCC(N2CC(C)(C)C2=O)CC1. The smallest absolute Gasteiger partial charge is 0.230 e. The quantitative estimate of drug-likeness (QED) is 0.688. The average Bonchev–Trinajstić information content (AvgIpc) is 2.35. The summed E-state index contributed by atoms with van der Waals surface area (Å²) in [7, 11) is 0. The Morgan fingerprint density at radius 1 is 1.29 bits per heavy atom. The van der Waals surface area contributed by atoms with E-state index in [1.165, 1.54) is 32.1 Å². The fraction of sp³-hybridized carbons (Fsp3) is 0.933. The standard InChI is InChI=1S/C15H27NO/c1-5-11(2)12-6-8-13(9-7-12)16-10-15(3,4)14(16)17/h11-13H,5-10H2,1-4H3. The molecule has 0 spiro atoms. The molecule has 2 rings (SSSR count). The highest BCUT2D eigenvalue weighted by molar-refractivity contribution is 5.88. The van der Waals surface area contributed by atoms with E-state index >= 15 is 0 Å². The van der Waals surface area contributed by atoms with Crippen LogP contribution < -0.4 is 0 Å². The molecule has 98 valence electrons. The molecule has 2 fully saturated rings. The van der Waals surface area contributed by atoms with Gasteiger partial charge in [-0.2, -0.15) is 0 Å². The second-order valence-electron chi connectivity index (χ2n) is 6.77. The first-order valence-corrected chi connectivity index (χ1v) is 7.26. The van der Waals surface area contributed by atoms with E-state index in [0.29, 0.717) is 11.9 Å². The van der Waals surface area contributed by atoms with Gasteiger partial charge in [0.25, 0.3) is 0 Å². The highest BCUT2D eigenvalue weighted by atomic mass is 16.2. The lowest BCUT2D eigenvalue weighted by Crippen LogP contribution is -2.62. The monoisotopic (exact) mass is 237 g/mol. The summed E-state index contributed by atoms with van der Waals surface area (Å²) in [4.78, 5) is 14.1. The van der Waals surface area contributed by atoms with Gasteiger partial charge in [-0.15, -0.1) is 0 Å². The highest BCUT2D eigenvalue weighted by Gasteiger charge is 2.47. The van der Waals surface area contributed by atoms with Crippen molar-refractivity contribution in [3.8, 4) is 0 Å². The summed E-state index contributed by atoms with van der Waals surface area (Å²) >= 11 is 0. The fourth-order valence-corrected chi connectivity index (χ4v) is 3.47. The van der Waals surface area contributed by atoms with Gasteiger partial charge in [0.15, 0.2) is 0 Å². The van der Waals surface area contributed by atoms with Crippen molar-refractivity contribution < 1.29 is 4.79 Å². The molecule has 1 amide bonds. The van der Waals surface area contributed by atoms with Gasteiger partial charge in [-0.1, -0.05) is 20.3 Å². The van der Waals surface area contributed by atoms with E-state index in [1.54, 1.807) is 0 Å². The van der Waals surface area contributed by atoms with Crippen LogP contribution in [0.1, 0.15) is 59.8 Å². The Kier molecular flexibility index (Phi) is 3.51. The number of β-lactam (4-membered cyclic amide) rings is 1. The zero-order chi connectivity index (χ0) is 12.6. The van der Waals surface area contributed by atoms with E-state index in [-0.39, 0.29) is 5.41 Å². The minimum Gasteiger partial charge on any atom is -0.338 e.